The third-order valence-electron chi connectivity index (χ3n) is 3.26. The number of hydrogen-bond acceptors (Lipinski definition) is 5. The van der Waals surface area contributed by atoms with Crippen molar-refractivity contribution in [2.75, 3.05) is 19.0 Å². The molecule has 6 heteroatoms. The Labute approximate surface area is 138 Å². The molecule has 128 valence electrons. The normalized spacial score (nSPS) is 12.7. The fourth-order valence-electron chi connectivity index (χ4n) is 1.93. The van der Waals surface area contributed by atoms with Crippen LogP contribution in [0.4, 0.5) is 5.69 Å². The van der Waals surface area contributed by atoms with Crippen molar-refractivity contribution in [1.82, 2.24) is 5.32 Å². The maximum absolute atomic E-state index is 10.2. The summed E-state index contributed by atoms with van der Waals surface area (Å²) in [5.74, 6) is 0. The van der Waals surface area contributed by atoms with Crippen LogP contribution in [-0.4, -0.2) is 26.4 Å². The predicted octanol–water partition coefficient (Wildman–Crippen LogP) is 2.32. The van der Waals surface area contributed by atoms with Gasteiger partial charge in [-0.25, -0.2) is 0 Å². The highest BCUT2D eigenvalue weighted by Gasteiger charge is 2.06. The lowest BCUT2D eigenvalue weighted by atomic mass is 10.2. The second-order valence-electron chi connectivity index (χ2n) is 5.18. The summed E-state index contributed by atoms with van der Waals surface area (Å²) in [7, 11) is 1.64. The van der Waals surface area contributed by atoms with Crippen LogP contribution in [0.5, 0.6) is 0 Å². The highest BCUT2D eigenvalue weighted by molar-refractivity contribution is 5.49. The van der Waals surface area contributed by atoms with Crippen molar-refractivity contribution in [3.63, 3.8) is 0 Å². The van der Waals surface area contributed by atoms with Gasteiger partial charge in [-0.15, -0.1) is 0 Å². The largest absolute Gasteiger partial charge is 0.399 e. The zero-order chi connectivity index (χ0) is 16.9. The monoisotopic (exact) mass is 321 g/mol. The molecule has 0 aliphatic heterocycles. The van der Waals surface area contributed by atoms with E-state index in [1.54, 1.807) is 13.3 Å². The van der Waals surface area contributed by atoms with Crippen molar-refractivity contribution in [2.24, 2.45) is 5.73 Å². The van der Waals surface area contributed by atoms with E-state index in [-0.39, 0.29) is 6.29 Å². The quantitative estimate of drug-likeness (QED) is 0.406. The summed E-state index contributed by atoms with van der Waals surface area (Å²) in [6.45, 7) is 2.97. The summed E-state index contributed by atoms with van der Waals surface area (Å²) in [6.07, 6.45) is 5.21. The Morgan fingerprint density at radius 2 is 2.09 bits per heavy atom. The average Bonchev–Trinajstić information content (AvgIpc) is 2.59. The molecule has 0 heterocycles. The Bertz CT molecular complexity index is 474. The van der Waals surface area contributed by atoms with Gasteiger partial charge in [0.2, 0.25) is 6.41 Å². The van der Waals surface area contributed by atoms with Gasteiger partial charge in [-0.2, -0.15) is 0 Å². The highest BCUT2D eigenvalue weighted by atomic mass is 16.7. The standard InChI is InChI=1S/C17H27N3O3/c1-3-4-5-17(22-2)23-12-15(18)11-20-16-8-6-14(7-9-16)10-19-13-21/h6-9,11,13,17,20H,3-5,10,12,18H2,1-2H3,(H,19,21)/b15-11-. The Hall–Kier alpha value is -2.05. The first-order valence-corrected chi connectivity index (χ1v) is 7.81. The van der Waals surface area contributed by atoms with E-state index in [4.69, 9.17) is 15.2 Å². The number of anilines is 1. The number of carbonyl (C=O) groups is 1. The van der Waals surface area contributed by atoms with Crippen molar-refractivity contribution in [1.29, 1.82) is 0 Å². The molecule has 6 nitrogen and oxygen atoms in total. The topological polar surface area (TPSA) is 85.6 Å². The third-order valence-corrected chi connectivity index (χ3v) is 3.26. The number of methoxy groups -OCH3 is 1. The van der Waals surface area contributed by atoms with Crippen LogP contribution in [0, 0.1) is 0 Å². The maximum Gasteiger partial charge on any atom is 0.207 e. The molecule has 1 unspecified atom stereocenters. The molecular formula is C17H27N3O3. The molecule has 23 heavy (non-hydrogen) atoms. The minimum absolute atomic E-state index is 0.216. The predicted molar refractivity (Wildman–Crippen MR) is 91.5 cm³/mol. The number of rotatable bonds is 12. The van der Waals surface area contributed by atoms with E-state index in [2.05, 4.69) is 17.6 Å². The SMILES string of the molecule is CCCCC(OC)OC/C(N)=C/Nc1ccc(CNC=O)cc1. The van der Waals surface area contributed by atoms with Crippen LogP contribution in [0.1, 0.15) is 31.7 Å². The van der Waals surface area contributed by atoms with Gasteiger partial charge in [0.15, 0.2) is 6.29 Å². The van der Waals surface area contributed by atoms with E-state index < -0.39 is 0 Å². The first kappa shape index (κ1) is 19.0. The molecule has 0 bridgehead atoms. The van der Waals surface area contributed by atoms with Crippen LogP contribution >= 0.6 is 0 Å². The van der Waals surface area contributed by atoms with E-state index in [0.717, 1.165) is 30.5 Å². The molecule has 0 radical (unpaired) electrons. The third kappa shape index (κ3) is 8.23. The van der Waals surface area contributed by atoms with Crippen LogP contribution in [-0.2, 0) is 20.8 Å². The van der Waals surface area contributed by atoms with E-state index >= 15 is 0 Å². The van der Waals surface area contributed by atoms with Gasteiger partial charge < -0.3 is 25.8 Å². The number of benzene rings is 1. The number of nitrogens with one attached hydrogen (secondary N) is 2. The molecule has 0 aromatic heterocycles. The minimum atomic E-state index is -0.216. The van der Waals surface area contributed by atoms with Crippen molar-refractivity contribution in [2.45, 2.75) is 39.0 Å². The van der Waals surface area contributed by atoms with Crippen molar-refractivity contribution < 1.29 is 14.3 Å². The fraction of sp³-hybridized carbons (Fsp3) is 0.471. The van der Waals surface area contributed by atoms with Crippen LogP contribution in [0.15, 0.2) is 36.2 Å². The Morgan fingerprint density at radius 3 is 2.70 bits per heavy atom. The summed E-state index contributed by atoms with van der Waals surface area (Å²) < 4.78 is 10.9. The summed E-state index contributed by atoms with van der Waals surface area (Å²) in [4.78, 5) is 10.2. The minimum Gasteiger partial charge on any atom is -0.399 e. The first-order valence-electron chi connectivity index (χ1n) is 7.81. The molecule has 1 amide bonds. The number of hydrogen-bond donors (Lipinski definition) is 3. The summed E-state index contributed by atoms with van der Waals surface area (Å²) >= 11 is 0. The Balaban J connectivity index is 2.38. The van der Waals surface area contributed by atoms with Gasteiger partial charge in [0, 0.05) is 25.5 Å². The van der Waals surface area contributed by atoms with Gasteiger partial charge in [-0.1, -0.05) is 25.5 Å². The maximum atomic E-state index is 10.2. The molecule has 1 atom stereocenters. The molecular weight excluding hydrogens is 294 g/mol. The Morgan fingerprint density at radius 1 is 1.35 bits per heavy atom. The molecule has 0 aliphatic rings. The molecule has 1 aromatic rings. The first-order chi connectivity index (χ1) is 11.2. The molecule has 0 aliphatic carbocycles. The van der Waals surface area contributed by atoms with Crippen LogP contribution in [0.2, 0.25) is 0 Å². The zero-order valence-electron chi connectivity index (χ0n) is 13.9. The van der Waals surface area contributed by atoms with E-state index in [9.17, 15) is 4.79 Å². The number of carbonyl (C=O) groups excluding carboxylic acids is 1. The van der Waals surface area contributed by atoms with Gasteiger partial charge >= 0.3 is 0 Å². The van der Waals surface area contributed by atoms with Crippen molar-refractivity contribution in [3.8, 4) is 0 Å². The number of unbranched alkanes of at least 4 members (excludes halogenated alkanes) is 1. The highest BCUT2D eigenvalue weighted by Crippen LogP contribution is 2.10. The molecule has 0 fully saturated rings. The van der Waals surface area contributed by atoms with Crippen molar-refractivity contribution >= 4 is 12.1 Å². The molecule has 1 aromatic carbocycles. The smallest absolute Gasteiger partial charge is 0.207 e. The summed E-state index contributed by atoms with van der Waals surface area (Å²) in [5.41, 5.74) is 8.45. The lowest BCUT2D eigenvalue weighted by Crippen LogP contribution is -2.19. The van der Waals surface area contributed by atoms with Crippen molar-refractivity contribution in [3.05, 3.63) is 41.7 Å². The molecule has 4 N–H and O–H groups in total. The number of ether oxygens (including phenoxy) is 2. The van der Waals surface area contributed by atoms with Gasteiger partial charge in [0.25, 0.3) is 0 Å². The summed E-state index contributed by atoms with van der Waals surface area (Å²) in [6, 6.07) is 7.72. The molecule has 1 rings (SSSR count). The van der Waals surface area contributed by atoms with Gasteiger partial charge in [0.05, 0.1) is 12.3 Å². The van der Waals surface area contributed by atoms with Gasteiger partial charge in [0.1, 0.15) is 0 Å². The van der Waals surface area contributed by atoms with E-state index in [0.29, 0.717) is 25.3 Å². The van der Waals surface area contributed by atoms with Gasteiger partial charge in [-0.05, 0) is 30.5 Å². The van der Waals surface area contributed by atoms with E-state index in [1.807, 2.05) is 24.3 Å². The van der Waals surface area contributed by atoms with E-state index in [1.165, 1.54) is 0 Å². The van der Waals surface area contributed by atoms with Crippen LogP contribution in [0.25, 0.3) is 0 Å². The fourth-order valence-corrected chi connectivity index (χ4v) is 1.93. The number of amides is 1. The molecule has 0 spiro atoms. The molecule has 0 saturated heterocycles. The number of nitrogens with two attached hydrogens (primary N) is 1. The average molecular weight is 321 g/mol. The second kappa shape index (κ2) is 11.5. The Kier molecular flexibility index (Phi) is 9.51. The van der Waals surface area contributed by atoms with Crippen LogP contribution in [0.3, 0.4) is 0 Å². The molecule has 0 saturated carbocycles. The van der Waals surface area contributed by atoms with Gasteiger partial charge in [-0.3, -0.25) is 4.79 Å². The lowest BCUT2D eigenvalue weighted by molar-refractivity contribution is -0.121. The second-order valence-corrected chi connectivity index (χ2v) is 5.18. The van der Waals surface area contributed by atoms with Crippen LogP contribution < -0.4 is 16.4 Å². The lowest BCUT2D eigenvalue weighted by Gasteiger charge is -2.16. The summed E-state index contributed by atoms with van der Waals surface area (Å²) in [5, 5.41) is 5.74. The zero-order valence-corrected chi connectivity index (χ0v) is 13.9.